The van der Waals surface area contributed by atoms with Gasteiger partial charge in [-0.3, -0.25) is 4.79 Å². The van der Waals surface area contributed by atoms with E-state index in [9.17, 15) is 4.79 Å². The molecule has 1 heterocycles. The van der Waals surface area contributed by atoms with Gasteiger partial charge in [-0.25, -0.2) is 0 Å². The largest absolute Gasteiger partial charge is 0.324 e. The molecule has 0 spiro atoms. The van der Waals surface area contributed by atoms with Crippen LogP contribution < -0.4 is 10.6 Å². The van der Waals surface area contributed by atoms with Gasteiger partial charge in [0.25, 0.3) is 0 Å². The van der Waals surface area contributed by atoms with Gasteiger partial charge in [0, 0.05) is 10.9 Å². The van der Waals surface area contributed by atoms with E-state index in [-0.39, 0.29) is 5.91 Å². The maximum Gasteiger partial charge on any atom is 0.234 e. The fourth-order valence-electron chi connectivity index (χ4n) is 1.97. The van der Waals surface area contributed by atoms with Gasteiger partial charge < -0.3 is 10.6 Å². The number of fused-ring (bicyclic) bond motifs is 1. The molecule has 1 aliphatic heterocycles. The van der Waals surface area contributed by atoms with Crippen LogP contribution in [0.25, 0.3) is 0 Å². The minimum atomic E-state index is 0.103. The molecule has 0 atom stereocenters. The van der Waals surface area contributed by atoms with Crippen molar-refractivity contribution in [2.75, 3.05) is 17.6 Å². The van der Waals surface area contributed by atoms with E-state index >= 15 is 0 Å². The number of amides is 1. The Bertz CT molecular complexity index is 432. The predicted octanol–water partition coefficient (Wildman–Crippen LogP) is 2.66. The standard InChI is InChI=1S/C14H20N2OS/c1-10(2)15-7-3-4-11-5-6-13-12(8-11)16-14(17)9-18-13/h5-6,8,10,15H,3-4,7,9H2,1-2H3,(H,16,17). The van der Waals surface area contributed by atoms with E-state index in [0.29, 0.717) is 11.8 Å². The van der Waals surface area contributed by atoms with Crippen molar-refractivity contribution in [2.45, 2.75) is 37.6 Å². The first-order chi connectivity index (χ1) is 8.65. The highest BCUT2D eigenvalue weighted by Gasteiger charge is 2.15. The molecular weight excluding hydrogens is 244 g/mol. The summed E-state index contributed by atoms with van der Waals surface area (Å²) in [6.07, 6.45) is 2.17. The van der Waals surface area contributed by atoms with Crippen LogP contribution in [0.4, 0.5) is 5.69 Å². The van der Waals surface area contributed by atoms with E-state index in [1.807, 2.05) is 0 Å². The Hall–Kier alpha value is -1.000. The lowest BCUT2D eigenvalue weighted by Crippen LogP contribution is -2.24. The first-order valence-electron chi connectivity index (χ1n) is 6.44. The second-order valence-electron chi connectivity index (χ2n) is 4.88. The van der Waals surface area contributed by atoms with E-state index in [4.69, 9.17) is 0 Å². The van der Waals surface area contributed by atoms with Crippen molar-refractivity contribution in [1.29, 1.82) is 0 Å². The van der Waals surface area contributed by atoms with E-state index in [0.717, 1.165) is 25.1 Å². The summed E-state index contributed by atoms with van der Waals surface area (Å²) in [6.45, 7) is 5.35. The van der Waals surface area contributed by atoms with Gasteiger partial charge in [0.15, 0.2) is 0 Å². The molecule has 98 valence electrons. The summed E-state index contributed by atoms with van der Waals surface area (Å²) < 4.78 is 0. The number of benzene rings is 1. The summed E-state index contributed by atoms with van der Waals surface area (Å²) in [7, 11) is 0. The van der Waals surface area contributed by atoms with Crippen molar-refractivity contribution < 1.29 is 4.79 Å². The Morgan fingerprint density at radius 2 is 2.28 bits per heavy atom. The molecule has 4 heteroatoms. The zero-order chi connectivity index (χ0) is 13.0. The molecule has 0 unspecified atom stereocenters. The third kappa shape index (κ3) is 3.75. The SMILES string of the molecule is CC(C)NCCCc1ccc2c(c1)NC(=O)CS2. The molecule has 1 aliphatic rings. The highest BCUT2D eigenvalue weighted by molar-refractivity contribution is 8.00. The molecule has 0 fully saturated rings. The van der Waals surface area contributed by atoms with E-state index in [1.54, 1.807) is 11.8 Å². The number of carbonyl (C=O) groups excluding carboxylic acids is 1. The molecule has 0 aliphatic carbocycles. The quantitative estimate of drug-likeness (QED) is 0.803. The molecule has 2 N–H and O–H groups in total. The van der Waals surface area contributed by atoms with Gasteiger partial charge in [0.1, 0.15) is 0 Å². The molecule has 2 rings (SSSR count). The van der Waals surface area contributed by atoms with Crippen LogP contribution in [0.1, 0.15) is 25.8 Å². The second-order valence-corrected chi connectivity index (χ2v) is 5.90. The van der Waals surface area contributed by atoms with Gasteiger partial charge in [-0.15, -0.1) is 11.8 Å². The summed E-state index contributed by atoms with van der Waals surface area (Å²) in [5.74, 6) is 0.635. The third-order valence-electron chi connectivity index (χ3n) is 2.87. The molecule has 0 radical (unpaired) electrons. The molecule has 0 saturated heterocycles. The molecule has 18 heavy (non-hydrogen) atoms. The summed E-state index contributed by atoms with van der Waals surface area (Å²) in [5, 5.41) is 6.34. The van der Waals surface area contributed by atoms with Crippen molar-refractivity contribution in [3.63, 3.8) is 0 Å². The summed E-state index contributed by atoms with van der Waals surface area (Å²) in [4.78, 5) is 12.5. The number of hydrogen-bond acceptors (Lipinski definition) is 3. The minimum Gasteiger partial charge on any atom is -0.324 e. The summed E-state index contributed by atoms with van der Waals surface area (Å²) in [5.41, 5.74) is 2.27. The molecule has 0 saturated carbocycles. The van der Waals surface area contributed by atoms with Crippen molar-refractivity contribution in [3.8, 4) is 0 Å². The lowest BCUT2D eigenvalue weighted by Gasteiger charge is -2.17. The lowest BCUT2D eigenvalue weighted by molar-refractivity contribution is -0.113. The van der Waals surface area contributed by atoms with Gasteiger partial charge in [-0.1, -0.05) is 19.9 Å². The molecule has 3 nitrogen and oxygen atoms in total. The van der Waals surface area contributed by atoms with Crippen molar-refractivity contribution in [1.82, 2.24) is 5.32 Å². The van der Waals surface area contributed by atoms with Gasteiger partial charge in [-0.2, -0.15) is 0 Å². The van der Waals surface area contributed by atoms with Gasteiger partial charge in [0.05, 0.1) is 11.4 Å². The molecule has 1 amide bonds. The molecule has 1 aromatic rings. The number of aryl methyl sites for hydroxylation is 1. The Balaban J connectivity index is 1.90. The van der Waals surface area contributed by atoms with Crippen molar-refractivity contribution >= 4 is 23.4 Å². The fraction of sp³-hybridized carbons (Fsp3) is 0.500. The van der Waals surface area contributed by atoms with Crippen LogP contribution in [-0.2, 0) is 11.2 Å². The van der Waals surface area contributed by atoms with Crippen molar-refractivity contribution in [3.05, 3.63) is 23.8 Å². The number of hydrogen-bond donors (Lipinski definition) is 2. The Morgan fingerprint density at radius 3 is 3.06 bits per heavy atom. The number of nitrogens with one attached hydrogen (secondary N) is 2. The van der Waals surface area contributed by atoms with Crippen LogP contribution in [0.15, 0.2) is 23.1 Å². The highest BCUT2D eigenvalue weighted by atomic mass is 32.2. The maximum atomic E-state index is 11.3. The van der Waals surface area contributed by atoms with Gasteiger partial charge in [-0.05, 0) is 37.1 Å². The normalized spacial score (nSPS) is 14.5. The Labute approximate surface area is 113 Å². The van der Waals surface area contributed by atoms with Crippen LogP contribution in [0.3, 0.4) is 0 Å². The number of thioether (sulfide) groups is 1. The average molecular weight is 264 g/mol. The van der Waals surface area contributed by atoms with Crippen LogP contribution in [0.2, 0.25) is 0 Å². The monoisotopic (exact) mass is 264 g/mol. The zero-order valence-corrected chi connectivity index (χ0v) is 11.8. The predicted molar refractivity (Wildman–Crippen MR) is 77.3 cm³/mol. The first-order valence-corrected chi connectivity index (χ1v) is 7.42. The first kappa shape index (κ1) is 13.4. The highest BCUT2D eigenvalue weighted by Crippen LogP contribution is 2.32. The number of carbonyl (C=O) groups is 1. The Kier molecular flexibility index (Phi) is 4.66. The van der Waals surface area contributed by atoms with Crippen molar-refractivity contribution in [2.24, 2.45) is 0 Å². The Morgan fingerprint density at radius 1 is 1.44 bits per heavy atom. The smallest absolute Gasteiger partial charge is 0.234 e. The van der Waals surface area contributed by atoms with E-state index in [2.05, 4.69) is 42.7 Å². The minimum absolute atomic E-state index is 0.103. The van der Waals surface area contributed by atoms with E-state index < -0.39 is 0 Å². The van der Waals surface area contributed by atoms with Crippen LogP contribution in [0.5, 0.6) is 0 Å². The fourth-order valence-corrected chi connectivity index (χ4v) is 2.76. The van der Waals surface area contributed by atoms with Crippen LogP contribution in [0, 0.1) is 0 Å². The number of anilines is 1. The number of rotatable bonds is 5. The topological polar surface area (TPSA) is 41.1 Å². The molecule has 0 bridgehead atoms. The summed E-state index contributed by atoms with van der Waals surface area (Å²) >= 11 is 1.61. The lowest BCUT2D eigenvalue weighted by atomic mass is 10.1. The van der Waals surface area contributed by atoms with Crippen LogP contribution >= 0.6 is 11.8 Å². The summed E-state index contributed by atoms with van der Waals surface area (Å²) in [6, 6.07) is 6.93. The molecular formula is C14H20N2OS. The molecule has 0 aromatic heterocycles. The zero-order valence-electron chi connectivity index (χ0n) is 11.0. The van der Waals surface area contributed by atoms with Gasteiger partial charge in [0.2, 0.25) is 5.91 Å². The second kappa shape index (κ2) is 6.25. The van der Waals surface area contributed by atoms with E-state index in [1.165, 1.54) is 10.5 Å². The van der Waals surface area contributed by atoms with Crippen LogP contribution in [-0.4, -0.2) is 24.2 Å². The average Bonchev–Trinajstić information content (AvgIpc) is 2.34. The third-order valence-corrected chi connectivity index (χ3v) is 3.95. The maximum absolute atomic E-state index is 11.3. The molecule has 1 aromatic carbocycles. The van der Waals surface area contributed by atoms with Gasteiger partial charge >= 0.3 is 0 Å².